The molecule has 0 aliphatic heterocycles. The van der Waals surface area contributed by atoms with Gasteiger partial charge >= 0.3 is 0 Å². The van der Waals surface area contributed by atoms with E-state index in [4.69, 9.17) is 11.5 Å². The Morgan fingerprint density at radius 3 is 2.26 bits per heavy atom. The number of primary amides is 1. The third kappa shape index (κ3) is 3.32. The molecular weight excluding hydrogens is 242 g/mol. The van der Waals surface area contributed by atoms with Crippen molar-refractivity contribution in [3.8, 4) is 0 Å². The number of benzene rings is 1. The first-order valence-corrected chi connectivity index (χ1v) is 6.47. The van der Waals surface area contributed by atoms with Gasteiger partial charge in [-0.05, 0) is 30.5 Å². The fourth-order valence-corrected chi connectivity index (χ4v) is 2.40. The number of amides is 2. The first-order valence-electron chi connectivity index (χ1n) is 6.47. The number of rotatable bonds is 4. The van der Waals surface area contributed by atoms with Gasteiger partial charge in [-0.2, -0.15) is 0 Å². The highest BCUT2D eigenvalue weighted by molar-refractivity contribution is 5.98. The molecule has 0 aromatic heterocycles. The van der Waals surface area contributed by atoms with Crippen molar-refractivity contribution in [2.24, 2.45) is 11.5 Å². The van der Waals surface area contributed by atoms with Crippen molar-refractivity contribution in [3.05, 3.63) is 29.8 Å². The predicted octanol–water partition coefficient (Wildman–Crippen LogP) is 0.924. The predicted molar refractivity (Wildman–Crippen MR) is 73.4 cm³/mol. The van der Waals surface area contributed by atoms with Gasteiger partial charge in [0.15, 0.2) is 0 Å². The lowest BCUT2D eigenvalue weighted by Gasteiger charge is -2.22. The Morgan fingerprint density at radius 1 is 1.16 bits per heavy atom. The van der Waals surface area contributed by atoms with E-state index in [1.54, 1.807) is 24.3 Å². The molecule has 1 aromatic rings. The van der Waals surface area contributed by atoms with Gasteiger partial charge in [0.05, 0.1) is 12.0 Å². The molecule has 102 valence electrons. The van der Waals surface area contributed by atoms with Crippen molar-refractivity contribution in [1.29, 1.82) is 0 Å². The number of nitrogens with one attached hydrogen (secondary N) is 1. The second-order valence-corrected chi connectivity index (χ2v) is 5.16. The van der Waals surface area contributed by atoms with E-state index in [1.807, 2.05) is 0 Å². The molecule has 2 rings (SSSR count). The average Bonchev–Trinajstić information content (AvgIpc) is 2.79. The van der Waals surface area contributed by atoms with Gasteiger partial charge in [0.1, 0.15) is 0 Å². The van der Waals surface area contributed by atoms with E-state index in [0.717, 1.165) is 31.2 Å². The van der Waals surface area contributed by atoms with Gasteiger partial charge in [-0.3, -0.25) is 9.59 Å². The second-order valence-electron chi connectivity index (χ2n) is 5.16. The minimum atomic E-state index is -0.730. The van der Waals surface area contributed by atoms with E-state index < -0.39 is 5.54 Å². The fourth-order valence-electron chi connectivity index (χ4n) is 2.40. The van der Waals surface area contributed by atoms with E-state index >= 15 is 0 Å². The quantitative estimate of drug-likeness (QED) is 0.751. The summed E-state index contributed by atoms with van der Waals surface area (Å²) in [6.07, 6.45) is 3.68. The molecular formula is C14H19N3O2. The van der Waals surface area contributed by atoms with Crippen LogP contribution < -0.4 is 16.8 Å². The lowest BCUT2D eigenvalue weighted by Crippen LogP contribution is -2.48. The molecule has 5 N–H and O–H groups in total. The number of carbonyl (C=O) groups is 2. The summed E-state index contributed by atoms with van der Waals surface area (Å²) in [7, 11) is 0. The van der Waals surface area contributed by atoms with Gasteiger partial charge in [-0.25, -0.2) is 0 Å². The van der Waals surface area contributed by atoms with Gasteiger partial charge < -0.3 is 16.8 Å². The van der Waals surface area contributed by atoms with E-state index in [-0.39, 0.29) is 18.2 Å². The molecule has 0 spiro atoms. The maximum absolute atomic E-state index is 12.1. The standard InChI is InChI=1S/C14H19N3O2/c15-12(18)9-10-3-5-11(6-4-10)17-13(19)14(16)7-1-2-8-14/h3-6H,1-2,7-9,16H2,(H2,15,18)(H,17,19). The Balaban J connectivity index is 1.99. The SMILES string of the molecule is NC(=O)Cc1ccc(NC(=O)C2(N)CCCC2)cc1. The zero-order valence-electron chi connectivity index (χ0n) is 10.8. The van der Waals surface area contributed by atoms with Crippen LogP contribution >= 0.6 is 0 Å². The van der Waals surface area contributed by atoms with Gasteiger partial charge in [-0.15, -0.1) is 0 Å². The molecule has 1 aliphatic carbocycles. The van der Waals surface area contributed by atoms with Crippen molar-refractivity contribution >= 4 is 17.5 Å². The maximum atomic E-state index is 12.1. The smallest absolute Gasteiger partial charge is 0.244 e. The van der Waals surface area contributed by atoms with Gasteiger partial charge in [0, 0.05) is 5.69 Å². The van der Waals surface area contributed by atoms with Crippen LogP contribution in [0.5, 0.6) is 0 Å². The Hall–Kier alpha value is -1.88. The molecule has 0 bridgehead atoms. The summed E-state index contributed by atoms with van der Waals surface area (Å²) < 4.78 is 0. The average molecular weight is 261 g/mol. The maximum Gasteiger partial charge on any atom is 0.244 e. The number of anilines is 1. The third-order valence-electron chi connectivity index (χ3n) is 3.54. The van der Waals surface area contributed by atoms with Crippen LogP contribution in [-0.4, -0.2) is 17.4 Å². The van der Waals surface area contributed by atoms with Gasteiger partial charge in [0.25, 0.3) is 0 Å². The molecule has 2 amide bonds. The number of hydrogen-bond acceptors (Lipinski definition) is 3. The Kier molecular flexibility index (Phi) is 3.85. The van der Waals surface area contributed by atoms with Crippen LogP contribution in [0.25, 0.3) is 0 Å². The first-order chi connectivity index (χ1) is 8.99. The third-order valence-corrected chi connectivity index (χ3v) is 3.54. The van der Waals surface area contributed by atoms with E-state index in [1.165, 1.54) is 0 Å². The van der Waals surface area contributed by atoms with Crippen LogP contribution in [0, 0.1) is 0 Å². The van der Waals surface area contributed by atoms with Crippen LogP contribution in [0.1, 0.15) is 31.2 Å². The second kappa shape index (κ2) is 5.40. The summed E-state index contributed by atoms with van der Waals surface area (Å²) >= 11 is 0. The molecule has 1 aliphatic rings. The summed E-state index contributed by atoms with van der Waals surface area (Å²) in [5.41, 5.74) is 12.0. The summed E-state index contributed by atoms with van der Waals surface area (Å²) in [6.45, 7) is 0. The largest absolute Gasteiger partial charge is 0.369 e. The van der Waals surface area contributed by atoms with Crippen LogP contribution in [0.4, 0.5) is 5.69 Å². The Labute approximate surface area is 112 Å². The Morgan fingerprint density at radius 2 is 1.74 bits per heavy atom. The highest BCUT2D eigenvalue weighted by Gasteiger charge is 2.36. The molecule has 1 fully saturated rings. The van der Waals surface area contributed by atoms with Crippen LogP contribution in [0.2, 0.25) is 0 Å². The molecule has 0 heterocycles. The summed E-state index contributed by atoms with van der Waals surface area (Å²) in [4.78, 5) is 22.9. The minimum absolute atomic E-state index is 0.132. The van der Waals surface area contributed by atoms with Gasteiger partial charge in [0.2, 0.25) is 11.8 Å². The Bertz CT molecular complexity index is 476. The zero-order chi connectivity index (χ0) is 13.9. The molecule has 1 saturated carbocycles. The van der Waals surface area contributed by atoms with Crippen molar-refractivity contribution in [3.63, 3.8) is 0 Å². The van der Waals surface area contributed by atoms with E-state index in [2.05, 4.69) is 5.32 Å². The lowest BCUT2D eigenvalue weighted by atomic mass is 9.98. The molecule has 0 unspecified atom stereocenters. The molecule has 19 heavy (non-hydrogen) atoms. The van der Waals surface area contributed by atoms with E-state index in [0.29, 0.717) is 5.69 Å². The normalized spacial score (nSPS) is 17.1. The highest BCUT2D eigenvalue weighted by atomic mass is 16.2. The molecule has 5 nitrogen and oxygen atoms in total. The number of nitrogens with two attached hydrogens (primary N) is 2. The molecule has 0 saturated heterocycles. The lowest BCUT2D eigenvalue weighted by molar-refractivity contribution is -0.121. The monoisotopic (exact) mass is 261 g/mol. The molecule has 5 heteroatoms. The van der Waals surface area contributed by atoms with Crippen LogP contribution in [0.3, 0.4) is 0 Å². The topological polar surface area (TPSA) is 98.2 Å². The van der Waals surface area contributed by atoms with E-state index in [9.17, 15) is 9.59 Å². The summed E-state index contributed by atoms with van der Waals surface area (Å²) in [6, 6.07) is 7.07. The minimum Gasteiger partial charge on any atom is -0.369 e. The zero-order valence-corrected chi connectivity index (χ0v) is 10.8. The molecule has 1 aromatic carbocycles. The summed E-state index contributed by atoms with van der Waals surface area (Å²) in [5, 5.41) is 2.82. The van der Waals surface area contributed by atoms with Crippen molar-refractivity contribution in [1.82, 2.24) is 0 Å². The van der Waals surface area contributed by atoms with Crippen molar-refractivity contribution in [2.75, 3.05) is 5.32 Å². The number of carbonyl (C=O) groups excluding carboxylic acids is 2. The van der Waals surface area contributed by atoms with Crippen LogP contribution in [-0.2, 0) is 16.0 Å². The van der Waals surface area contributed by atoms with Crippen molar-refractivity contribution in [2.45, 2.75) is 37.6 Å². The fraction of sp³-hybridized carbons (Fsp3) is 0.429. The van der Waals surface area contributed by atoms with Gasteiger partial charge in [-0.1, -0.05) is 25.0 Å². The number of hydrogen-bond donors (Lipinski definition) is 3. The van der Waals surface area contributed by atoms with Crippen LogP contribution in [0.15, 0.2) is 24.3 Å². The molecule has 0 radical (unpaired) electrons. The highest BCUT2D eigenvalue weighted by Crippen LogP contribution is 2.28. The first kappa shape index (κ1) is 13.5. The molecule has 0 atom stereocenters. The summed E-state index contributed by atoms with van der Waals surface area (Å²) in [5.74, 6) is -0.503. The van der Waals surface area contributed by atoms with Crippen molar-refractivity contribution < 1.29 is 9.59 Å².